The number of anilines is 1. The molecule has 0 bridgehead atoms. The number of aryl methyl sites for hydroxylation is 1. The van der Waals surface area contributed by atoms with E-state index >= 15 is 0 Å². The van der Waals surface area contributed by atoms with Crippen LogP contribution < -0.4 is 15.0 Å². The van der Waals surface area contributed by atoms with Crippen LogP contribution in [0.1, 0.15) is 11.1 Å². The van der Waals surface area contributed by atoms with Gasteiger partial charge in [-0.05, 0) is 48.4 Å². The number of rotatable bonds is 3. The summed E-state index contributed by atoms with van der Waals surface area (Å²) in [6, 6.07) is 8.75. The number of nitrogens with one attached hydrogen (secondary N) is 1. The largest absolute Gasteiger partial charge is 0.503 e. The normalized spacial score (nSPS) is 15.9. The van der Waals surface area contributed by atoms with E-state index in [1.807, 2.05) is 13.0 Å². The van der Waals surface area contributed by atoms with Crippen LogP contribution in [0.25, 0.3) is 6.08 Å². The highest BCUT2D eigenvalue weighted by Crippen LogP contribution is 2.35. The summed E-state index contributed by atoms with van der Waals surface area (Å²) >= 11 is 5.94. The average molecular weight is 387 g/mol. The van der Waals surface area contributed by atoms with Gasteiger partial charge < -0.3 is 9.84 Å². The van der Waals surface area contributed by atoms with Crippen LogP contribution in [0.4, 0.5) is 10.5 Å². The van der Waals surface area contributed by atoms with E-state index in [0.29, 0.717) is 11.3 Å². The number of aromatic hydroxyl groups is 1. The number of carbonyl (C=O) groups is 3. The molecule has 2 N–H and O–H groups in total. The molecule has 1 aliphatic rings. The van der Waals surface area contributed by atoms with Crippen molar-refractivity contribution in [3.63, 3.8) is 0 Å². The second-order valence-corrected chi connectivity index (χ2v) is 6.26. The SMILES string of the molecule is COc1cc(/C=C2\C(=O)NC(=O)N(c3cccc(C)c3)C2=O)cc(Cl)c1O. The summed E-state index contributed by atoms with van der Waals surface area (Å²) in [5, 5.41) is 12.0. The number of amides is 4. The zero-order valence-electron chi connectivity index (χ0n) is 14.4. The van der Waals surface area contributed by atoms with Crippen molar-refractivity contribution >= 4 is 41.2 Å². The highest BCUT2D eigenvalue weighted by Gasteiger charge is 2.36. The van der Waals surface area contributed by atoms with Gasteiger partial charge in [0, 0.05) is 0 Å². The third kappa shape index (κ3) is 3.50. The van der Waals surface area contributed by atoms with Crippen LogP contribution in [0.3, 0.4) is 0 Å². The predicted octanol–water partition coefficient (Wildman–Crippen LogP) is 3.03. The quantitative estimate of drug-likeness (QED) is 0.624. The van der Waals surface area contributed by atoms with E-state index in [2.05, 4.69) is 5.32 Å². The fourth-order valence-corrected chi connectivity index (χ4v) is 2.88. The van der Waals surface area contributed by atoms with E-state index in [-0.39, 0.29) is 22.1 Å². The molecule has 0 saturated carbocycles. The Bertz CT molecular complexity index is 1000. The first-order valence-corrected chi connectivity index (χ1v) is 8.24. The van der Waals surface area contributed by atoms with Gasteiger partial charge in [-0.25, -0.2) is 9.69 Å². The van der Waals surface area contributed by atoms with Gasteiger partial charge in [-0.3, -0.25) is 14.9 Å². The number of carbonyl (C=O) groups excluding carboxylic acids is 3. The lowest BCUT2D eigenvalue weighted by Crippen LogP contribution is -2.54. The molecular formula is C19H15ClN2O5. The average Bonchev–Trinajstić information content (AvgIpc) is 2.61. The van der Waals surface area contributed by atoms with Crippen molar-refractivity contribution in [1.82, 2.24) is 5.32 Å². The lowest BCUT2D eigenvalue weighted by Gasteiger charge is -2.26. The molecule has 1 saturated heterocycles. The van der Waals surface area contributed by atoms with Gasteiger partial charge in [0.25, 0.3) is 11.8 Å². The van der Waals surface area contributed by atoms with Crippen molar-refractivity contribution in [1.29, 1.82) is 0 Å². The van der Waals surface area contributed by atoms with E-state index < -0.39 is 17.8 Å². The Morgan fingerprint density at radius 2 is 1.93 bits per heavy atom. The minimum atomic E-state index is -0.825. The van der Waals surface area contributed by atoms with Gasteiger partial charge >= 0.3 is 6.03 Å². The van der Waals surface area contributed by atoms with Crippen LogP contribution in [-0.4, -0.2) is 30.1 Å². The number of phenolic OH excluding ortho intramolecular Hbond substituents is 1. The van der Waals surface area contributed by atoms with Gasteiger partial charge in [-0.2, -0.15) is 0 Å². The standard InChI is InChI=1S/C19H15ClN2O5/c1-10-4-3-5-12(6-10)22-18(25)13(17(24)21-19(22)26)7-11-8-14(20)16(23)15(9-11)27-2/h3-9,23H,1-2H3,(H,21,24,26)/b13-7+. The topological polar surface area (TPSA) is 95.9 Å². The third-order valence-electron chi connectivity index (χ3n) is 3.94. The first-order valence-electron chi connectivity index (χ1n) is 7.86. The fraction of sp³-hybridized carbons (Fsp3) is 0.105. The summed E-state index contributed by atoms with van der Waals surface area (Å²) in [7, 11) is 1.35. The number of ether oxygens (including phenoxy) is 1. The molecule has 0 unspecified atom stereocenters. The highest BCUT2D eigenvalue weighted by atomic mass is 35.5. The zero-order valence-corrected chi connectivity index (χ0v) is 15.2. The minimum Gasteiger partial charge on any atom is -0.503 e. The maximum atomic E-state index is 12.8. The molecule has 0 aliphatic carbocycles. The van der Waals surface area contributed by atoms with Crippen molar-refractivity contribution in [2.75, 3.05) is 12.0 Å². The molecule has 0 radical (unpaired) electrons. The number of hydrogen-bond donors (Lipinski definition) is 2. The Morgan fingerprint density at radius 1 is 1.19 bits per heavy atom. The Balaban J connectivity index is 2.06. The third-order valence-corrected chi connectivity index (χ3v) is 4.23. The van der Waals surface area contributed by atoms with Crippen molar-refractivity contribution in [2.45, 2.75) is 6.92 Å². The van der Waals surface area contributed by atoms with Crippen LogP contribution in [0.5, 0.6) is 11.5 Å². The summed E-state index contributed by atoms with van der Waals surface area (Å²) in [5.41, 5.74) is 1.30. The van der Waals surface area contributed by atoms with Gasteiger partial charge in [0.15, 0.2) is 11.5 Å². The van der Waals surface area contributed by atoms with Crippen LogP contribution in [-0.2, 0) is 9.59 Å². The van der Waals surface area contributed by atoms with E-state index in [1.165, 1.54) is 25.3 Å². The first-order chi connectivity index (χ1) is 12.8. The van der Waals surface area contributed by atoms with E-state index in [0.717, 1.165) is 10.5 Å². The zero-order chi connectivity index (χ0) is 19.7. The summed E-state index contributed by atoms with van der Waals surface area (Å²) in [6.07, 6.45) is 1.28. The van der Waals surface area contributed by atoms with Gasteiger partial charge in [-0.15, -0.1) is 0 Å². The molecule has 27 heavy (non-hydrogen) atoms. The van der Waals surface area contributed by atoms with Gasteiger partial charge in [0.2, 0.25) is 0 Å². The minimum absolute atomic E-state index is 0.00326. The summed E-state index contributed by atoms with van der Waals surface area (Å²) in [6.45, 7) is 1.82. The molecular weight excluding hydrogens is 372 g/mol. The molecule has 1 fully saturated rings. The van der Waals surface area contributed by atoms with E-state index in [9.17, 15) is 19.5 Å². The maximum absolute atomic E-state index is 12.8. The molecule has 2 aromatic carbocycles. The summed E-state index contributed by atoms with van der Waals surface area (Å²) in [4.78, 5) is 38.1. The number of imide groups is 2. The molecule has 0 spiro atoms. The van der Waals surface area contributed by atoms with Crippen LogP contribution >= 0.6 is 11.6 Å². The van der Waals surface area contributed by atoms with Gasteiger partial charge in [-0.1, -0.05) is 23.7 Å². The Kier molecular flexibility index (Phi) is 4.87. The lowest BCUT2D eigenvalue weighted by molar-refractivity contribution is -0.122. The molecule has 7 nitrogen and oxygen atoms in total. The number of halogens is 1. The number of nitrogens with zero attached hydrogens (tertiary/aromatic N) is 1. The first kappa shape index (κ1) is 18.5. The Hall–Kier alpha value is -3.32. The van der Waals surface area contributed by atoms with Crippen molar-refractivity contribution in [2.24, 2.45) is 0 Å². The van der Waals surface area contributed by atoms with Crippen LogP contribution in [0, 0.1) is 6.92 Å². The van der Waals surface area contributed by atoms with Crippen molar-refractivity contribution in [3.8, 4) is 11.5 Å². The number of barbiturate groups is 1. The van der Waals surface area contributed by atoms with E-state index in [1.54, 1.807) is 18.2 Å². The molecule has 0 atom stereocenters. The molecule has 2 aromatic rings. The highest BCUT2D eigenvalue weighted by molar-refractivity contribution is 6.39. The predicted molar refractivity (Wildman–Crippen MR) is 99.8 cm³/mol. The van der Waals surface area contributed by atoms with Crippen molar-refractivity contribution < 1.29 is 24.2 Å². The fourth-order valence-electron chi connectivity index (χ4n) is 2.66. The second kappa shape index (κ2) is 7.13. The van der Waals surface area contributed by atoms with Gasteiger partial charge in [0.1, 0.15) is 5.57 Å². The molecule has 8 heteroatoms. The lowest BCUT2D eigenvalue weighted by atomic mass is 10.1. The number of phenols is 1. The molecule has 3 rings (SSSR count). The molecule has 138 valence electrons. The smallest absolute Gasteiger partial charge is 0.335 e. The molecule has 4 amide bonds. The molecule has 1 aliphatic heterocycles. The van der Waals surface area contributed by atoms with Crippen molar-refractivity contribution in [3.05, 3.63) is 58.1 Å². The number of methoxy groups -OCH3 is 1. The monoisotopic (exact) mass is 386 g/mol. The number of hydrogen-bond acceptors (Lipinski definition) is 5. The Labute approximate surface area is 159 Å². The Morgan fingerprint density at radius 3 is 2.59 bits per heavy atom. The van der Waals surface area contributed by atoms with Gasteiger partial charge in [0.05, 0.1) is 17.8 Å². The van der Waals surface area contributed by atoms with Crippen LogP contribution in [0.15, 0.2) is 42.0 Å². The van der Waals surface area contributed by atoms with Crippen LogP contribution in [0.2, 0.25) is 5.02 Å². The maximum Gasteiger partial charge on any atom is 0.335 e. The van der Waals surface area contributed by atoms with E-state index in [4.69, 9.17) is 16.3 Å². The number of benzene rings is 2. The summed E-state index contributed by atoms with van der Waals surface area (Å²) in [5.74, 6) is -1.75. The number of urea groups is 1. The summed E-state index contributed by atoms with van der Waals surface area (Å²) < 4.78 is 5.02. The molecule has 0 aromatic heterocycles. The molecule has 1 heterocycles. The second-order valence-electron chi connectivity index (χ2n) is 5.85.